The van der Waals surface area contributed by atoms with E-state index >= 15 is 8.78 Å². The molecule has 2 aliphatic heterocycles. The third kappa shape index (κ3) is 5.27. The van der Waals surface area contributed by atoms with Gasteiger partial charge in [0.05, 0.1) is 11.9 Å². The largest absolute Gasteiger partial charge is 0.393 e. The van der Waals surface area contributed by atoms with Gasteiger partial charge in [-0.25, -0.2) is 23.4 Å². The van der Waals surface area contributed by atoms with Gasteiger partial charge in [0.25, 0.3) is 5.91 Å². The molecule has 40 heavy (non-hydrogen) atoms. The number of amides is 1. The first-order valence-electron chi connectivity index (χ1n) is 13.5. The van der Waals surface area contributed by atoms with Crippen LogP contribution in [0.3, 0.4) is 0 Å². The van der Waals surface area contributed by atoms with Crippen molar-refractivity contribution in [3.8, 4) is 5.69 Å². The van der Waals surface area contributed by atoms with Crippen LogP contribution in [0.1, 0.15) is 50.5 Å². The van der Waals surface area contributed by atoms with E-state index in [1.807, 2.05) is 4.90 Å². The van der Waals surface area contributed by atoms with E-state index in [1.165, 1.54) is 18.6 Å². The van der Waals surface area contributed by atoms with Gasteiger partial charge in [0, 0.05) is 44.3 Å². The molecule has 2 aromatic heterocycles. The van der Waals surface area contributed by atoms with E-state index < -0.39 is 17.3 Å². The number of rotatable bonds is 6. The fourth-order valence-electron chi connectivity index (χ4n) is 5.67. The fourth-order valence-corrected chi connectivity index (χ4v) is 5.81. The molecule has 0 bridgehead atoms. The van der Waals surface area contributed by atoms with Crippen LogP contribution in [0.25, 0.3) is 5.69 Å². The van der Waals surface area contributed by atoms with Crippen LogP contribution < -0.4 is 16.0 Å². The number of likely N-dealkylation sites (N-methyl/N-ethyl adjacent to an activating group) is 1. The Balaban J connectivity index is 1.57. The predicted molar refractivity (Wildman–Crippen MR) is 149 cm³/mol. The number of anilines is 4. The van der Waals surface area contributed by atoms with Crippen molar-refractivity contribution in [1.82, 2.24) is 34.8 Å². The second-order valence-corrected chi connectivity index (χ2v) is 10.7. The van der Waals surface area contributed by atoms with Crippen LogP contribution in [0.15, 0.2) is 18.6 Å². The maximum Gasteiger partial charge on any atom is 0.276 e. The summed E-state index contributed by atoms with van der Waals surface area (Å²) in [6.45, 7) is 9.44. The lowest BCUT2D eigenvalue weighted by molar-refractivity contribution is 0.0718. The number of carbonyl (C=O) groups is 1. The fraction of sp³-hybridized carbons (Fsp3) is 0.500. The average molecular weight is 575 g/mol. The third-order valence-electron chi connectivity index (χ3n) is 7.64. The lowest BCUT2D eigenvalue weighted by atomic mass is 10.1. The topological polar surface area (TPSA) is 121 Å². The van der Waals surface area contributed by atoms with Gasteiger partial charge in [-0.3, -0.25) is 9.69 Å². The summed E-state index contributed by atoms with van der Waals surface area (Å²) < 4.78 is 33.1. The number of nitrogen functional groups attached to an aromatic ring is 1. The Labute approximate surface area is 236 Å². The third-order valence-corrected chi connectivity index (χ3v) is 7.95. The van der Waals surface area contributed by atoms with Gasteiger partial charge in [0.2, 0.25) is 0 Å². The van der Waals surface area contributed by atoms with Gasteiger partial charge in [-0.2, -0.15) is 0 Å². The van der Waals surface area contributed by atoms with Gasteiger partial charge in [-0.1, -0.05) is 23.7 Å². The van der Waals surface area contributed by atoms with Gasteiger partial charge < -0.3 is 20.9 Å². The zero-order valence-electron chi connectivity index (χ0n) is 22.7. The first-order chi connectivity index (χ1) is 19.2. The lowest BCUT2D eigenvalue weighted by Crippen LogP contribution is -2.56. The Morgan fingerprint density at radius 1 is 1.15 bits per heavy atom. The van der Waals surface area contributed by atoms with Gasteiger partial charge in [0.15, 0.2) is 28.3 Å². The Morgan fingerprint density at radius 2 is 1.85 bits per heavy atom. The number of hydrogen-bond acceptors (Lipinski definition) is 9. The molecule has 0 aliphatic carbocycles. The molecule has 0 unspecified atom stereocenters. The molecule has 0 radical (unpaired) electrons. The summed E-state index contributed by atoms with van der Waals surface area (Å²) in [4.78, 5) is 26.8. The van der Waals surface area contributed by atoms with E-state index in [2.05, 4.69) is 51.3 Å². The van der Waals surface area contributed by atoms with Crippen molar-refractivity contribution in [2.24, 2.45) is 0 Å². The van der Waals surface area contributed by atoms with Gasteiger partial charge in [-0.05, 0) is 39.7 Å². The summed E-state index contributed by atoms with van der Waals surface area (Å²) in [5.41, 5.74) is 5.87. The molecule has 5 rings (SSSR count). The van der Waals surface area contributed by atoms with E-state index in [0.717, 1.165) is 30.5 Å². The van der Waals surface area contributed by atoms with Crippen molar-refractivity contribution >= 4 is 40.4 Å². The molecule has 0 spiro atoms. The van der Waals surface area contributed by atoms with E-state index in [4.69, 9.17) is 17.3 Å². The van der Waals surface area contributed by atoms with Crippen LogP contribution in [0, 0.1) is 11.6 Å². The number of nitrogens with one attached hydrogen (secondary N) is 1. The summed E-state index contributed by atoms with van der Waals surface area (Å²) in [6, 6.07) is 1.54. The molecule has 2 fully saturated rings. The molecule has 1 amide bonds. The quantitative estimate of drug-likeness (QED) is 0.423. The minimum atomic E-state index is -0.941. The van der Waals surface area contributed by atoms with E-state index in [-0.39, 0.29) is 46.0 Å². The van der Waals surface area contributed by atoms with Crippen molar-refractivity contribution < 1.29 is 13.6 Å². The number of halogens is 3. The Hall–Kier alpha value is -3.58. The molecule has 1 aromatic carbocycles. The predicted octanol–water partition coefficient (Wildman–Crippen LogP) is 3.86. The number of aromatic nitrogens is 5. The lowest BCUT2D eigenvalue weighted by Gasteiger charge is -2.45. The van der Waals surface area contributed by atoms with Crippen LogP contribution >= 0.6 is 11.6 Å². The van der Waals surface area contributed by atoms with Crippen molar-refractivity contribution in [2.75, 3.05) is 48.7 Å². The maximum absolute atomic E-state index is 16.4. The molecule has 3 N–H and O–H groups in total. The van der Waals surface area contributed by atoms with E-state index in [0.29, 0.717) is 31.9 Å². The van der Waals surface area contributed by atoms with E-state index in [1.54, 1.807) is 4.90 Å². The van der Waals surface area contributed by atoms with Crippen molar-refractivity contribution in [3.63, 3.8) is 0 Å². The van der Waals surface area contributed by atoms with Crippen molar-refractivity contribution in [2.45, 2.75) is 52.1 Å². The van der Waals surface area contributed by atoms with Crippen LogP contribution in [0.4, 0.5) is 31.7 Å². The summed E-state index contributed by atoms with van der Waals surface area (Å²) in [5, 5.41) is 10.8. The molecular weight excluding hydrogens is 542 g/mol. The zero-order chi connectivity index (χ0) is 28.6. The monoisotopic (exact) mass is 574 g/mol. The highest BCUT2D eigenvalue weighted by Crippen LogP contribution is 2.39. The van der Waals surface area contributed by atoms with Gasteiger partial charge in [-0.15, -0.1) is 5.10 Å². The summed E-state index contributed by atoms with van der Waals surface area (Å²) >= 11 is 6.08. The van der Waals surface area contributed by atoms with Gasteiger partial charge in [0.1, 0.15) is 23.4 Å². The smallest absolute Gasteiger partial charge is 0.276 e. The highest BCUT2D eigenvalue weighted by atomic mass is 35.5. The number of likely N-dealkylation sites (tertiary alicyclic amines) is 1. The molecule has 0 saturated carbocycles. The van der Waals surface area contributed by atoms with Crippen LogP contribution in [0.2, 0.25) is 5.15 Å². The van der Waals surface area contributed by atoms with Crippen LogP contribution in [-0.4, -0.2) is 85.5 Å². The molecule has 3 aromatic rings. The molecule has 14 heteroatoms. The second-order valence-electron chi connectivity index (χ2n) is 10.3. The molecule has 11 nitrogen and oxygen atoms in total. The van der Waals surface area contributed by atoms with Gasteiger partial charge >= 0.3 is 0 Å². The number of piperazine rings is 1. The molecule has 2 aliphatic rings. The number of carbonyl (C=O) groups excluding carboxylic acids is 1. The number of benzene rings is 1. The highest BCUT2D eigenvalue weighted by molar-refractivity contribution is 6.32. The number of hydrogen-bond donors (Lipinski definition) is 2. The molecule has 2 atom stereocenters. The molecular formula is C26H33ClF2N10O. The Kier molecular flexibility index (Phi) is 8.04. The molecule has 4 heterocycles. The minimum absolute atomic E-state index is 0.00209. The number of nitrogens with two attached hydrogens (primary N) is 1. The first-order valence-corrected chi connectivity index (χ1v) is 13.8. The highest BCUT2D eigenvalue weighted by Gasteiger charge is 2.33. The average Bonchev–Trinajstić information content (AvgIpc) is 3.42. The maximum atomic E-state index is 16.4. The summed E-state index contributed by atoms with van der Waals surface area (Å²) in [5.74, 6) is -2.04. The van der Waals surface area contributed by atoms with Crippen LogP contribution in [-0.2, 0) is 0 Å². The Bertz CT molecular complexity index is 1380. The Morgan fingerprint density at radius 3 is 2.52 bits per heavy atom. The zero-order valence-corrected chi connectivity index (χ0v) is 23.5. The van der Waals surface area contributed by atoms with Crippen molar-refractivity contribution in [1.29, 1.82) is 0 Å². The van der Waals surface area contributed by atoms with E-state index in [9.17, 15) is 4.79 Å². The summed E-state index contributed by atoms with van der Waals surface area (Å²) in [6.07, 6.45) is 5.31. The standard InChI is InChI=1S/C26H33ClF2N10O/c1-4-38-15(2)11-37(12-16(38)3)19-10-17(28)23(20(29)22(19)33-25-21(30)24(27)31-14-32-25)39-13-18(34-35-39)26(40)36-8-6-5-7-9-36/h10,13-16H,4-9,11-12,30H2,1-3H3,(H,31,32,33)/t15-,16+. The first kappa shape index (κ1) is 28.0. The number of nitrogens with zero attached hydrogens (tertiary/aromatic N) is 8. The summed E-state index contributed by atoms with van der Waals surface area (Å²) in [7, 11) is 0. The SMILES string of the molecule is CCN1[C@H](C)CN(c2cc(F)c(-n3cc(C(=O)N4CCCCC4)nn3)c(F)c2Nc2ncnc(Cl)c2N)C[C@@H]1C. The molecule has 214 valence electrons. The van der Waals surface area contributed by atoms with Crippen LogP contribution in [0.5, 0.6) is 0 Å². The second kappa shape index (κ2) is 11.5. The minimum Gasteiger partial charge on any atom is -0.393 e. The van der Waals surface area contributed by atoms with Crippen molar-refractivity contribution in [3.05, 3.63) is 41.1 Å². The molecule has 2 saturated heterocycles. The number of piperidine rings is 1. The normalized spacial score (nSPS) is 20.1.